The van der Waals surface area contributed by atoms with Gasteiger partial charge in [-0.2, -0.15) is 0 Å². The van der Waals surface area contributed by atoms with Gasteiger partial charge < -0.3 is 19.9 Å². The number of carboxylic acids is 2. The Hall–Kier alpha value is -0.100. The zero-order valence-electron chi connectivity index (χ0n) is 17.1. The van der Waals surface area contributed by atoms with Crippen molar-refractivity contribution in [2.45, 2.75) is 96.8 Å². The van der Waals surface area contributed by atoms with Gasteiger partial charge in [0.25, 0.3) is 0 Å². The van der Waals surface area contributed by atoms with E-state index in [1.54, 1.807) is 0 Å². The topological polar surface area (TPSA) is 80.7 Å². The van der Waals surface area contributed by atoms with E-state index in [-0.39, 0.29) is 42.4 Å². The zero-order valence-corrected chi connectivity index (χ0v) is 19.1. The van der Waals surface area contributed by atoms with Gasteiger partial charge in [-0.25, -0.2) is 0 Å². The second kappa shape index (κ2) is 21.2. The summed E-state index contributed by atoms with van der Waals surface area (Å²) < 4.78 is 0. The van der Waals surface area contributed by atoms with Crippen LogP contribution in [0.1, 0.15) is 96.8 Å². The molecule has 6 heteroatoms. The van der Waals surface area contributed by atoms with Crippen LogP contribution in [-0.4, -0.2) is 41.6 Å². The number of carbonyl (C=O) groups is 2. The van der Waals surface area contributed by atoms with Crippen molar-refractivity contribution < 1.29 is 49.4 Å². The second-order valence-corrected chi connectivity index (χ2v) is 7.00. The Morgan fingerprint density at radius 1 is 0.731 bits per heavy atom. The SMILES string of the molecule is CCCCCCCCCCCCN(CCCC(=O)[O-])CCCC(=O)O.[Na+]. The van der Waals surface area contributed by atoms with Gasteiger partial charge in [0.2, 0.25) is 0 Å². The normalized spacial score (nSPS) is 10.7. The number of nitrogens with zero attached hydrogens (tertiary/aromatic N) is 1. The summed E-state index contributed by atoms with van der Waals surface area (Å²) in [4.78, 5) is 23.3. The summed E-state index contributed by atoms with van der Waals surface area (Å²) in [6.45, 7) is 4.62. The molecule has 0 bridgehead atoms. The van der Waals surface area contributed by atoms with Gasteiger partial charge in [0.05, 0.1) is 0 Å². The number of carboxylic acid groups (broad SMARTS) is 2. The van der Waals surface area contributed by atoms with Crippen LogP contribution in [0.2, 0.25) is 0 Å². The maximum absolute atomic E-state index is 10.6. The Bertz CT molecular complexity index is 320. The van der Waals surface area contributed by atoms with Gasteiger partial charge in [0.1, 0.15) is 0 Å². The first-order valence-electron chi connectivity index (χ1n) is 10.2. The van der Waals surface area contributed by atoms with E-state index in [0.29, 0.717) is 19.4 Å². The number of hydrogen-bond acceptors (Lipinski definition) is 4. The zero-order chi connectivity index (χ0) is 18.8. The van der Waals surface area contributed by atoms with Crippen LogP contribution < -0.4 is 34.7 Å². The van der Waals surface area contributed by atoms with Gasteiger partial charge in [0, 0.05) is 12.4 Å². The van der Waals surface area contributed by atoms with Crippen LogP contribution in [0.5, 0.6) is 0 Å². The van der Waals surface area contributed by atoms with Gasteiger partial charge in [-0.3, -0.25) is 4.79 Å². The molecule has 26 heavy (non-hydrogen) atoms. The van der Waals surface area contributed by atoms with Crippen molar-refractivity contribution in [2.24, 2.45) is 0 Å². The molecule has 0 aliphatic heterocycles. The Labute approximate surface area is 182 Å². The summed E-state index contributed by atoms with van der Waals surface area (Å²) >= 11 is 0. The molecule has 0 radical (unpaired) electrons. The van der Waals surface area contributed by atoms with E-state index >= 15 is 0 Å². The quantitative estimate of drug-likeness (QED) is 0.263. The first-order chi connectivity index (χ1) is 12.1. The van der Waals surface area contributed by atoms with Crippen molar-refractivity contribution >= 4 is 11.9 Å². The maximum atomic E-state index is 10.6. The average Bonchev–Trinajstić information content (AvgIpc) is 2.55. The monoisotopic (exact) mass is 379 g/mol. The number of unbranched alkanes of at least 4 members (excludes halogenated alkanes) is 9. The van der Waals surface area contributed by atoms with Crippen molar-refractivity contribution in [3.8, 4) is 0 Å². The number of carbonyl (C=O) groups excluding carboxylic acids is 1. The van der Waals surface area contributed by atoms with Crippen LogP contribution in [0, 0.1) is 0 Å². The number of rotatable bonds is 19. The minimum absolute atomic E-state index is 0. The molecule has 0 amide bonds. The molecule has 0 heterocycles. The van der Waals surface area contributed by atoms with Crippen LogP contribution in [-0.2, 0) is 9.59 Å². The van der Waals surface area contributed by atoms with Crippen LogP contribution in [0.4, 0.5) is 0 Å². The second-order valence-electron chi connectivity index (χ2n) is 7.00. The standard InChI is InChI=1S/C20H39NO4.Na/c1-2-3-4-5-6-7-8-9-10-11-16-21(17-12-14-19(22)23)18-13-15-20(24)25;/h2-18H2,1H3,(H,22,23)(H,24,25);/q;+1/p-1. The third kappa shape index (κ3) is 21.9. The summed E-state index contributed by atoms with van der Waals surface area (Å²) in [5.74, 6) is -1.78. The molecule has 0 spiro atoms. The number of aliphatic carboxylic acids is 2. The molecule has 0 saturated carbocycles. The summed E-state index contributed by atoms with van der Waals surface area (Å²) in [5.41, 5.74) is 0. The average molecular weight is 380 g/mol. The Morgan fingerprint density at radius 2 is 1.15 bits per heavy atom. The largest absolute Gasteiger partial charge is 1.00 e. The van der Waals surface area contributed by atoms with Crippen molar-refractivity contribution in [2.75, 3.05) is 19.6 Å². The molecular formula is C20H38NNaO4. The molecule has 0 unspecified atom stereocenters. The van der Waals surface area contributed by atoms with Crippen molar-refractivity contribution in [3.05, 3.63) is 0 Å². The van der Waals surface area contributed by atoms with Gasteiger partial charge in [-0.15, -0.1) is 0 Å². The van der Waals surface area contributed by atoms with Gasteiger partial charge in [-0.1, -0.05) is 64.7 Å². The third-order valence-corrected chi connectivity index (χ3v) is 4.55. The fourth-order valence-electron chi connectivity index (χ4n) is 3.06. The molecule has 1 N–H and O–H groups in total. The molecule has 148 valence electrons. The minimum atomic E-state index is -1.01. The summed E-state index contributed by atoms with van der Waals surface area (Å²) in [6.07, 6.45) is 14.4. The van der Waals surface area contributed by atoms with Gasteiger partial charge in [0.15, 0.2) is 0 Å². The molecule has 0 aliphatic carbocycles. The van der Waals surface area contributed by atoms with Crippen LogP contribution in [0.25, 0.3) is 0 Å². The van der Waals surface area contributed by atoms with E-state index in [2.05, 4.69) is 11.8 Å². The Kier molecular flexibility index (Phi) is 22.9. The first kappa shape index (κ1) is 28.1. The predicted octanol–water partition coefficient (Wildman–Crippen LogP) is 0.608. The van der Waals surface area contributed by atoms with Crippen molar-refractivity contribution in [1.29, 1.82) is 0 Å². The molecule has 0 saturated heterocycles. The molecule has 0 atom stereocenters. The number of hydrogen-bond donors (Lipinski definition) is 1. The first-order valence-corrected chi connectivity index (χ1v) is 10.2. The molecule has 0 aromatic heterocycles. The van der Waals surface area contributed by atoms with Crippen LogP contribution in [0.3, 0.4) is 0 Å². The summed E-state index contributed by atoms with van der Waals surface area (Å²) in [7, 11) is 0. The fourth-order valence-corrected chi connectivity index (χ4v) is 3.06. The van der Waals surface area contributed by atoms with E-state index in [1.807, 2.05) is 0 Å². The van der Waals surface area contributed by atoms with Crippen molar-refractivity contribution in [3.63, 3.8) is 0 Å². The molecule has 0 aromatic carbocycles. The maximum Gasteiger partial charge on any atom is 1.00 e. The third-order valence-electron chi connectivity index (χ3n) is 4.55. The predicted molar refractivity (Wildman–Crippen MR) is 99.4 cm³/mol. The van der Waals surface area contributed by atoms with Gasteiger partial charge >= 0.3 is 35.5 Å². The van der Waals surface area contributed by atoms with Crippen LogP contribution >= 0.6 is 0 Å². The van der Waals surface area contributed by atoms with Crippen LogP contribution in [0.15, 0.2) is 0 Å². The van der Waals surface area contributed by atoms with Gasteiger partial charge in [-0.05, 0) is 45.3 Å². The molecule has 5 nitrogen and oxygen atoms in total. The Morgan fingerprint density at radius 3 is 1.62 bits per heavy atom. The Balaban J connectivity index is 0. The van der Waals surface area contributed by atoms with E-state index < -0.39 is 11.9 Å². The van der Waals surface area contributed by atoms with Crippen molar-refractivity contribution in [1.82, 2.24) is 4.90 Å². The minimum Gasteiger partial charge on any atom is -0.550 e. The van der Waals surface area contributed by atoms with E-state index in [4.69, 9.17) is 5.11 Å². The molecule has 0 rings (SSSR count). The fraction of sp³-hybridized carbons (Fsp3) is 0.900. The summed E-state index contributed by atoms with van der Waals surface area (Å²) in [5, 5.41) is 19.3. The summed E-state index contributed by atoms with van der Waals surface area (Å²) in [6, 6.07) is 0. The molecule has 0 aromatic rings. The molecule has 0 aliphatic rings. The van der Waals surface area contributed by atoms with E-state index in [1.165, 1.54) is 57.8 Å². The van der Waals surface area contributed by atoms with E-state index in [9.17, 15) is 14.7 Å². The smallest absolute Gasteiger partial charge is 0.550 e. The molecular weight excluding hydrogens is 341 g/mol. The van der Waals surface area contributed by atoms with E-state index in [0.717, 1.165) is 19.5 Å². The molecule has 0 fully saturated rings.